The van der Waals surface area contributed by atoms with Gasteiger partial charge in [0.15, 0.2) is 5.82 Å². The van der Waals surface area contributed by atoms with E-state index in [9.17, 15) is 12.8 Å². The van der Waals surface area contributed by atoms with E-state index in [1.54, 1.807) is 19.1 Å². The molecule has 0 saturated heterocycles. The maximum atomic E-state index is 13.4. The Kier molecular flexibility index (Phi) is 3.24. The van der Waals surface area contributed by atoms with Gasteiger partial charge >= 0.3 is 0 Å². The van der Waals surface area contributed by atoms with Crippen molar-refractivity contribution in [3.8, 4) is 0 Å². The van der Waals surface area contributed by atoms with E-state index in [0.717, 1.165) is 11.8 Å². The van der Waals surface area contributed by atoms with Gasteiger partial charge in [0.25, 0.3) is 10.0 Å². The van der Waals surface area contributed by atoms with Gasteiger partial charge in [-0.05, 0) is 31.2 Å². The molecule has 0 aliphatic heterocycles. The van der Waals surface area contributed by atoms with Gasteiger partial charge in [-0.25, -0.2) is 9.37 Å². The van der Waals surface area contributed by atoms with Crippen LogP contribution in [-0.4, -0.2) is 18.4 Å². The van der Waals surface area contributed by atoms with Crippen LogP contribution in [0, 0.1) is 12.7 Å². The van der Waals surface area contributed by atoms with Gasteiger partial charge in [-0.1, -0.05) is 0 Å². The fraction of sp³-hybridized carbons (Fsp3) is 0.0909. The summed E-state index contributed by atoms with van der Waals surface area (Å²) in [5.74, 6) is -0.898. The standard InChI is InChI=1S/C11H10FN3O2S/c1-8-4-5-9(7-14-8)15-18(16,17)11-10(12)3-2-6-13-11/h2-7,15H,1H3. The molecule has 0 atom stereocenters. The smallest absolute Gasteiger partial charge is 0.277 e. The Morgan fingerprint density at radius 3 is 2.61 bits per heavy atom. The second-order valence-corrected chi connectivity index (χ2v) is 5.18. The van der Waals surface area contributed by atoms with Crippen LogP contribution >= 0.6 is 0 Å². The van der Waals surface area contributed by atoms with Crippen molar-refractivity contribution in [2.45, 2.75) is 11.9 Å². The summed E-state index contributed by atoms with van der Waals surface area (Å²) in [6, 6.07) is 5.55. The maximum absolute atomic E-state index is 13.4. The molecule has 2 heterocycles. The fourth-order valence-corrected chi connectivity index (χ4v) is 2.35. The van der Waals surface area contributed by atoms with E-state index in [1.807, 2.05) is 0 Å². The number of hydrogen-bond acceptors (Lipinski definition) is 4. The minimum Gasteiger partial charge on any atom is -0.277 e. The molecule has 2 aromatic heterocycles. The molecule has 0 aromatic carbocycles. The SMILES string of the molecule is Cc1ccc(NS(=O)(=O)c2ncccc2F)cn1. The van der Waals surface area contributed by atoms with Gasteiger partial charge in [-0.15, -0.1) is 0 Å². The van der Waals surface area contributed by atoms with E-state index in [2.05, 4.69) is 14.7 Å². The summed E-state index contributed by atoms with van der Waals surface area (Å²) in [5, 5.41) is -0.634. The molecular formula is C11H10FN3O2S. The molecule has 94 valence electrons. The maximum Gasteiger partial charge on any atom is 0.282 e. The number of nitrogens with one attached hydrogen (secondary N) is 1. The highest BCUT2D eigenvalue weighted by Gasteiger charge is 2.20. The van der Waals surface area contributed by atoms with Crippen LogP contribution in [0.5, 0.6) is 0 Å². The van der Waals surface area contributed by atoms with Gasteiger partial charge in [0.2, 0.25) is 5.03 Å². The Labute approximate surface area is 104 Å². The number of aryl methyl sites for hydroxylation is 1. The van der Waals surface area contributed by atoms with Crippen molar-refractivity contribution >= 4 is 15.7 Å². The van der Waals surface area contributed by atoms with Gasteiger partial charge in [-0.2, -0.15) is 8.42 Å². The van der Waals surface area contributed by atoms with E-state index >= 15 is 0 Å². The van der Waals surface area contributed by atoms with Crippen LogP contribution in [0.2, 0.25) is 0 Å². The molecule has 0 fully saturated rings. The first-order valence-corrected chi connectivity index (χ1v) is 6.53. The predicted molar refractivity (Wildman–Crippen MR) is 64.0 cm³/mol. The average Bonchev–Trinajstić information content (AvgIpc) is 2.32. The Morgan fingerprint density at radius 2 is 2.00 bits per heavy atom. The molecule has 18 heavy (non-hydrogen) atoms. The fourth-order valence-electron chi connectivity index (χ4n) is 1.30. The lowest BCUT2D eigenvalue weighted by Crippen LogP contribution is -2.16. The van der Waals surface area contributed by atoms with Crippen LogP contribution in [0.25, 0.3) is 0 Å². The minimum atomic E-state index is -4.03. The van der Waals surface area contributed by atoms with Crippen molar-refractivity contribution in [1.29, 1.82) is 0 Å². The minimum absolute atomic E-state index is 0.255. The number of aromatic nitrogens is 2. The third-order valence-corrected chi connectivity index (χ3v) is 3.46. The van der Waals surface area contributed by atoms with Gasteiger partial charge in [-0.3, -0.25) is 9.71 Å². The molecule has 0 amide bonds. The molecule has 0 saturated carbocycles. The van der Waals surface area contributed by atoms with Crippen LogP contribution in [-0.2, 0) is 10.0 Å². The van der Waals surface area contributed by atoms with Gasteiger partial charge in [0.05, 0.1) is 11.9 Å². The topological polar surface area (TPSA) is 72.0 Å². The Hall–Kier alpha value is -2.02. The molecule has 0 unspecified atom stereocenters. The van der Waals surface area contributed by atoms with Crippen molar-refractivity contribution in [1.82, 2.24) is 9.97 Å². The second-order valence-electron chi connectivity index (χ2n) is 3.58. The monoisotopic (exact) mass is 267 g/mol. The molecule has 2 aromatic rings. The van der Waals surface area contributed by atoms with Gasteiger partial charge in [0, 0.05) is 11.9 Å². The van der Waals surface area contributed by atoms with Crippen molar-refractivity contribution < 1.29 is 12.8 Å². The average molecular weight is 267 g/mol. The largest absolute Gasteiger partial charge is 0.282 e. The molecule has 5 nitrogen and oxygen atoms in total. The lowest BCUT2D eigenvalue weighted by Gasteiger charge is -2.07. The number of rotatable bonds is 3. The molecule has 7 heteroatoms. The van der Waals surface area contributed by atoms with E-state index in [4.69, 9.17) is 0 Å². The highest BCUT2D eigenvalue weighted by Crippen LogP contribution is 2.15. The second kappa shape index (κ2) is 4.69. The number of nitrogens with zero attached hydrogens (tertiary/aromatic N) is 2. The lowest BCUT2D eigenvalue weighted by molar-refractivity contribution is 0.557. The zero-order chi connectivity index (χ0) is 13.2. The summed E-state index contributed by atoms with van der Waals surface area (Å²) in [5.41, 5.74) is 1.01. The van der Waals surface area contributed by atoms with E-state index in [-0.39, 0.29) is 5.69 Å². The van der Waals surface area contributed by atoms with Crippen LogP contribution < -0.4 is 4.72 Å². The first-order valence-electron chi connectivity index (χ1n) is 5.05. The number of pyridine rings is 2. The molecule has 0 bridgehead atoms. The van der Waals surface area contributed by atoms with E-state index in [1.165, 1.54) is 18.5 Å². The third-order valence-electron chi connectivity index (χ3n) is 2.14. The molecule has 0 aliphatic carbocycles. The quantitative estimate of drug-likeness (QED) is 0.919. The summed E-state index contributed by atoms with van der Waals surface area (Å²) in [6.07, 6.45) is 2.57. The van der Waals surface area contributed by atoms with Crippen LogP contribution in [0.3, 0.4) is 0 Å². The molecule has 0 radical (unpaired) electrons. The van der Waals surface area contributed by atoms with E-state index < -0.39 is 20.9 Å². The summed E-state index contributed by atoms with van der Waals surface area (Å²) < 4.78 is 39.3. The lowest BCUT2D eigenvalue weighted by atomic mass is 10.4. The summed E-state index contributed by atoms with van der Waals surface area (Å²) in [4.78, 5) is 7.46. The highest BCUT2D eigenvalue weighted by atomic mass is 32.2. The van der Waals surface area contributed by atoms with Crippen LogP contribution in [0.1, 0.15) is 5.69 Å². The zero-order valence-corrected chi connectivity index (χ0v) is 10.3. The summed E-state index contributed by atoms with van der Waals surface area (Å²) in [6.45, 7) is 1.77. The molecular weight excluding hydrogens is 257 g/mol. The predicted octanol–water partition coefficient (Wildman–Crippen LogP) is 1.72. The Bertz CT molecular complexity index is 656. The number of halogens is 1. The Balaban J connectivity index is 2.33. The molecule has 2 rings (SSSR count). The zero-order valence-electron chi connectivity index (χ0n) is 9.46. The first kappa shape index (κ1) is 12.4. The number of anilines is 1. The number of sulfonamides is 1. The summed E-state index contributed by atoms with van der Waals surface area (Å²) >= 11 is 0. The van der Waals surface area contributed by atoms with E-state index in [0.29, 0.717) is 0 Å². The van der Waals surface area contributed by atoms with Crippen LogP contribution in [0.15, 0.2) is 41.7 Å². The normalized spacial score (nSPS) is 11.2. The summed E-state index contributed by atoms with van der Waals surface area (Å²) in [7, 11) is -4.03. The first-order chi connectivity index (χ1) is 8.49. The number of hydrogen-bond donors (Lipinski definition) is 1. The van der Waals surface area contributed by atoms with Crippen molar-refractivity contribution in [3.63, 3.8) is 0 Å². The molecule has 1 N–H and O–H groups in total. The van der Waals surface area contributed by atoms with Crippen molar-refractivity contribution in [3.05, 3.63) is 48.2 Å². The van der Waals surface area contributed by atoms with Crippen molar-refractivity contribution in [2.75, 3.05) is 4.72 Å². The Morgan fingerprint density at radius 1 is 1.22 bits per heavy atom. The molecule has 0 spiro atoms. The van der Waals surface area contributed by atoms with Crippen LogP contribution in [0.4, 0.5) is 10.1 Å². The van der Waals surface area contributed by atoms with Crippen molar-refractivity contribution in [2.24, 2.45) is 0 Å². The molecule has 0 aliphatic rings. The highest BCUT2D eigenvalue weighted by molar-refractivity contribution is 7.92. The van der Waals surface area contributed by atoms with Gasteiger partial charge < -0.3 is 0 Å². The van der Waals surface area contributed by atoms with Gasteiger partial charge in [0.1, 0.15) is 0 Å². The third kappa shape index (κ3) is 2.62.